The van der Waals surface area contributed by atoms with Crippen LogP contribution in [0.15, 0.2) is 24.3 Å². The Hall–Kier alpha value is -2.08. The molecule has 0 aromatic heterocycles. The van der Waals surface area contributed by atoms with Gasteiger partial charge in [0.25, 0.3) is 11.8 Å². The SMILES string of the molecule is O=C(c1ccc(OCC2CCN(C(=O)C3CCCO3)CC2)cc1)N1CCCCC1. The summed E-state index contributed by atoms with van der Waals surface area (Å²) in [6.07, 6.45) is 6.98. The number of likely N-dealkylation sites (tertiary alicyclic amines) is 2. The molecule has 3 aliphatic rings. The van der Waals surface area contributed by atoms with Crippen LogP contribution < -0.4 is 4.74 Å². The van der Waals surface area contributed by atoms with Crippen molar-refractivity contribution in [3.63, 3.8) is 0 Å². The molecule has 4 rings (SSSR count). The number of amides is 2. The highest BCUT2D eigenvalue weighted by atomic mass is 16.5. The zero-order valence-electron chi connectivity index (χ0n) is 17.2. The Bertz CT molecular complexity index is 685. The van der Waals surface area contributed by atoms with Gasteiger partial charge >= 0.3 is 0 Å². The zero-order chi connectivity index (χ0) is 20.1. The molecule has 0 aliphatic carbocycles. The quantitative estimate of drug-likeness (QED) is 0.762. The van der Waals surface area contributed by atoms with E-state index in [0.29, 0.717) is 19.1 Å². The van der Waals surface area contributed by atoms with Crippen LogP contribution in [0.1, 0.15) is 55.3 Å². The van der Waals surface area contributed by atoms with Crippen molar-refractivity contribution in [3.8, 4) is 5.75 Å². The summed E-state index contributed by atoms with van der Waals surface area (Å²) in [7, 11) is 0. The highest BCUT2D eigenvalue weighted by molar-refractivity contribution is 5.94. The molecule has 0 bridgehead atoms. The Labute approximate surface area is 173 Å². The van der Waals surface area contributed by atoms with E-state index in [1.807, 2.05) is 34.1 Å². The molecule has 3 fully saturated rings. The van der Waals surface area contributed by atoms with Crippen LogP contribution in [0, 0.1) is 5.92 Å². The van der Waals surface area contributed by atoms with Gasteiger partial charge in [-0.3, -0.25) is 9.59 Å². The van der Waals surface area contributed by atoms with Gasteiger partial charge in [-0.1, -0.05) is 0 Å². The van der Waals surface area contributed by atoms with Gasteiger partial charge in [0.05, 0.1) is 6.61 Å². The van der Waals surface area contributed by atoms with Crippen molar-refractivity contribution < 1.29 is 19.1 Å². The van der Waals surface area contributed by atoms with Gasteiger partial charge < -0.3 is 19.3 Å². The van der Waals surface area contributed by atoms with Crippen molar-refractivity contribution in [1.29, 1.82) is 0 Å². The van der Waals surface area contributed by atoms with Crippen LogP contribution in [0.25, 0.3) is 0 Å². The average molecular weight is 401 g/mol. The van der Waals surface area contributed by atoms with Crippen molar-refractivity contribution in [2.45, 2.75) is 51.0 Å². The lowest BCUT2D eigenvalue weighted by atomic mass is 9.97. The Morgan fingerprint density at radius 1 is 0.897 bits per heavy atom. The number of benzene rings is 1. The molecule has 3 heterocycles. The Kier molecular flexibility index (Phi) is 6.70. The van der Waals surface area contributed by atoms with E-state index in [4.69, 9.17) is 9.47 Å². The Morgan fingerprint density at radius 2 is 1.62 bits per heavy atom. The van der Waals surface area contributed by atoms with Crippen LogP contribution in [0.5, 0.6) is 5.75 Å². The second-order valence-electron chi connectivity index (χ2n) is 8.46. The van der Waals surface area contributed by atoms with Gasteiger partial charge in [-0.15, -0.1) is 0 Å². The standard InChI is InChI=1S/C23H32N2O4/c26-22(24-12-2-1-3-13-24)19-6-8-20(9-7-19)29-17-18-10-14-25(15-11-18)23(27)21-5-4-16-28-21/h6-9,18,21H,1-5,10-17H2. The number of carbonyl (C=O) groups is 2. The van der Waals surface area contributed by atoms with Gasteiger partial charge in [-0.05, 0) is 75.1 Å². The third kappa shape index (κ3) is 5.10. The number of piperidine rings is 2. The van der Waals surface area contributed by atoms with Crippen LogP contribution in [-0.2, 0) is 9.53 Å². The lowest BCUT2D eigenvalue weighted by molar-refractivity contribution is -0.142. The van der Waals surface area contributed by atoms with Crippen LogP contribution in [0.4, 0.5) is 0 Å². The fourth-order valence-corrected chi connectivity index (χ4v) is 4.48. The normalized spacial score (nSPS) is 23.2. The third-order valence-corrected chi connectivity index (χ3v) is 6.36. The summed E-state index contributed by atoms with van der Waals surface area (Å²) in [4.78, 5) is 28.9. The minimum absolute atomic E-state index is 0.125. The molecule has 1 aromatic rings. The van der Waals surface area contributed by atoms with E-state index in [-0.39, 0.29) is 17.9 Å². The van der Waals surface area contributed by atoms with E-state index in [0.717, 1.165) is 76.0 Å². The van der Waals surface area contributed by atoms with Gasteiger partial charge in [-0.25, -0.2) is 0 Å². The van der Waals surface area contributed by atoms with Crippen molar-refractivity contribution in [2.75, 3.05) is 39.4 Å². The molecule has 1 atom stereocenters. The summed E-state index contributed by atoms with van der Waals surface area (Å²) < 4.78 is 11.5. The molecule has 158 valence electrons. The first kappa shape index (κ1) is 20.2. The lowest BCUT2D eigenvalue weighted by Gasteiger charge is -2.33. The number of nitrogens with zero attached hydrogens (tertiary/aromatic N) is 2. The maximum absolute atomic E-state index is 12.5. The predicted octanol–water partition coefficient (Wildman–Crippen LogP) is 3.11. The first-order valence-electron chi connectivity index (χ1n) is 11.1. The molecule has 0 spiro atoms. The smallest absolute Gasteiger partial charge is 0.253 e. The highest BCUT2D eigenvalue weighted by Gasteiger charge is 2.31. The van der Waals surface area contributed by atoms with Gasteiger partial charge in [-0.2, -0.15) is 0 Å². The van der Waals surface area contributed by atoms with Crippen molar-refractivity contribution in [2.24, 2.45) is 5.92 Å². The molecule has 3 aliphatic heterocycles. The first-order valence-corrected chi connectivity index (χ1v) is 11.1. The summed E-state index contributed by atoms with van der Waals surface area (Å²) in [5.41, 5.74) is 0.736. The average Bonchev–Trinajstić information content (AvgIpc) is 3.33. The lowest BCUT2D eigenvalue weighted by Crippen LogP contribution is -2.44. The van der Waals surface area contributed by atoms with Crippen LogP contribution in [0.2, 0.25) is 0 Å². The van der Waals surface area contributed by atoms with Gasteiger partial charge in [0.15, 0.2) is 0 Å². The molecule has 2 amide bonds. The highest BCUT2D eigenvalue weighted by Crippen LogP contribution is 2.23. The summed E-state index contributed by atoms with van der Waals surface area (Å²) in [5.74, 6) is 1.55. The van der Waals surface area contributed by atoms with Crippen molar-refractivity contribution in [3.05, 3.63) is 29.8 Å². The molecule has 29 heavy (non-hydrogen) atoms. The van der Waals surface area contributed by atoms with Crippen molar-refractivity contribution in [1.82, 2.24) is 9.80 Å². The summed E-state index contributed by atoms with van der Waals surface area (Å²) >= 11 is 0. The number of hydrogen-bond acceptors (Lipinski definition) is 4. The minimum atomic E-state index is -0.214. The van der Waals surface area contributed by atoms with Gasteiger partial charge in [0.1, 0.15) is 11.9 Å². The van der Waals surface area contributed by atoms with E-state index in [9.17, 15) is 9.59 Å². The summed E-state index contributed by atoms with van der Waals surface area (Å²) in [6, 6.07) is 7.53. The van der Waals surface area contributed by atoms with Crippen LogP contribution in [0.3, 0.4) is 0 Å². The third-order valence-electron chi connectivity index (χ3n) is 6.36. The fraction of sp³-hybridized carbons (Fsp3) is 0.652. The number of hydrogen-bond donors (Lipinski definition) is 0. The first-order chi connectivity index (χ1) is 14.2. The number of ether oxygens (including phenoxy) is 2. The topological polar surface area (TPSA) is 59.1 Å². The molecular weight excluding hydrogens is 368 g/mol. The van der Waals surface area contributed by atoms with E-state index in [1.165, 1.54) is 6.42 Å². The molecule has 6 nitrogen and oxygen atoms in total. The Morgan fingerprint density at radius 3 is 2.28 bits per heavy atom. The molecular formula is C23H32N2O4. The fourth-order valence-electron chi connectivity index (χ4n) is 4.48. The summed E-state index contributed by atoms with van der Waals surface area (Å²) in [5, 5.41) is 0. The van der Waals surface area contributed by atoms with E-state index in [1.54, 1.807) is 0 Å². The monoisotopic (exact) mass is 400 g/mol. The van der Waals surface area contributed by atoms with Gasteiger partial charge in [0.2, 0.25) is 0 Å². The van der Waals surface area contributed by atoms with E-state index in [2.05, 4.69) is 0 Å². The predicted molar refractivity (Wildman–Crippen MR) is 110 cm³/mol. The van der Waals surface area contributed by atoms with Gasteiger partial charge in [0, 0.05) is 38.3 Å². The summed E-state index contributed by atoms with van der Waals surface area (Å²) in [6.45, 7) is 4.67. The van der Waals surface area contributed by atoms with Crippen molar-refractivity contribution >= 4 is 11.8 Å². The number of rotatable bonds is 5. The van der Waals surface area contributed by atoms with Crippen LogP contribution >= 0.6 is 0 Å². The molecule has 0 saturated carbocycles. The molecule has 3 saturated heterocycles. The van der Waals surface area contributed by atoms with E-state index >= 15 is 0 Å². The maximum atomic E-state index is 12.5. The molecule has 0 radical (unpaired) electrons. The number of carbonyl (C=O) groups excluding carboxylic acids is 2. The van der Waals surface area contributed by atoms with Crippen LogP contribution in [-0.4, -0.2) is 67.1 Å². The second-order valence-corrected chi connectivity index (χ2v) is 8.46. The molecule has 1 unspecified atom stereocenters. The zero-order valence-corrected chi connectivity index (χ0v) is 17.2. The second kappa shape index (κ2) is 9.61. The molecule has 6 heteroatoms. The maximum Gasteiger partial charge on any atom is 0.253 e. The molecule has 0 N–H and O–H groups in total. The molecule has 1 aromatic carbocycles. The Balaban J connectivity index is 1.20. The van der Waals surface area contributed by atoms with E-state index < -0.39 is 0 Å². The largest absolute Gasteiger partial charge is 0.493 e. The minimum Gasteiger partial charge on any atom is -0.493 e.